The highest BCUT2D eigenvalue weighted by Crippen LogP contribution is 2.25. The zero-order valence-corrected chi connectivity index (χ0v) is 10.9. The molecule has 3 heteroatoms. The van der Waals surface area contributed by atoms with Crippen molar-refractivity contribution in [3.8, 4) is 11.4 Å². The smallest absolute Gasteiger partial charge is 0.158 e. The molecule has 0 unspecified atom stereocenters. The highest BCUT2D eigenvalue weighted by molar-refractivity contribution is 5.55. The van der Waals surface area contributed by atoms with Crippen molar-refractivity contribution < 1.29 is 0 Å². The van der Waals surface area contributed by atoms with E-state index in [4.69, 9.17) is 0 Å². The molecule has 0 aliphatic carbocycles. The summed E-state index contributed by atoms with van der Waals surface area (Å²) in [6, 6.07) is 8.58. The molecular weight excluding hydrogens is 210 g/mol. The van der Waals surface area contributed by atoms with Gasteiger partial charge in [0.1, 0.15) is 6.33 Å². The number of aromatic nitrogens is 3. The molecule has 0 amide bonds. The number of benzene rings is 1. The maximum absolute atomic E-state index is 4.30. The molecule has 2 rings (SSSR count). The molecule has 0 saturated heterocycles. The second-order valence-corrected chi connectivity index (χ2v) is 5.23. The van der Waals surface area contributed by atoms with Gasteiger partial charge in [0, 0.05) is 12.1 Å². The third-order valence-corrected chi connectivity index (χ3v) is 2.92. The maximum Gasteiger partial charge on any atom is 0.158 e. The predicted octanol–water partition coefficient (Wildman–Crippen LogP) is 3.26. The van der Waals surface area contributed by atoms with Gasteiger partial charge < -0.3 is 0 Å². The predicted molar refractivity (Wildman–Crippen MR) is 69.8 cm³/mol. The minimum absolute atomic E-state index is 0.191. The SMILES string of the molecule is CCn1ncnc1-c1ccc(C(C)(C)C)cc1. The summed E-state index contributed by atoms with van der Waals surface area (Å²) < 4.78 is 1.91. The van der Waals surface area contributed by atoms with Gasteiger partial charge >= 0.3 is 0 Å². The van der Waals surface area contributed by atoms with Crippen LogP contribution in [-0.2, 0) is 12.0 Å². The van der Waals surface area contributed by atoms with Crippen LogP contribution in [0.2, 0.25) is 0 Å². The Morgan fingerprint density at radius 1 is 1.12 bits per heavy atom. The number of hydrogen-bond acceptors (Lipinski definition) is 2. The first-order valence-corrected chi connectivity index (χ1v) is 6.01. The van der Waals surface area contributed by atoms with Crippen molar-refractivity contribution in [3.63, 3.8) is 0 Å². The van der Waals surface area contributed by atoms with Crippen LogP contribution in [0, 0.1) is 0 Å². The lowest BCUT2D eigenvalue weighted by atomic mass is 9.87. The summed E-state index contributed by atoms with van der Waals surface area (Å²) in [6.07, 6.45) is 1.61. The molecule has 90 valence electrons. The number of rotatable bonds is 2. The normalized spacial score (nSPS) is 11.8. The van der Waals surface area contributed by atoms with Crippen LogP contribution < -0.4 is 0 Å². The third kappa shape index (κ3) is 2.38. The zero-order valence-electron chi connectivity index (χ0n) is 10.9. The lowest BCUT2D eigenvalue weighted by Crippen LogP contribution is -2.10. The molecule has 0 N–H and O–H groups in total. The van der Waals surface area contributed by atoms with Gasteiger partial charge in [0.05, 0.1) is 0 Å². The lowest BCUT2D eigenvalue weighted by molar-refractivity contribution is 0.590. The molecule has 0 bridgehead atoms. The van der Waals surface area contributed by atoms with E-state index in [1.54, 1.807) is 6.33 Å². The Labute approximate surface area is 103 Å². The van der Waals surface area contributed by atoms with Crippen LogP contribution in [0.1, 0.15) is 33.3 Å². The molecule has 0 aliphatic heterocycles. The van der Waals surface area contributed by atoms with Crippen LogP contribution in [0.3, 0.4) is 0 Å². The van der Waals surface area contributed by atoms with Crippen molar-refractivity contribution >= 4 is 0 Å². The average Bonchev–Trinajstić information content (AvgIpc) is 2.76. The molecule has 0 spiro atoms. The van der Waals surface area contributed by atoms with E-state index in [1.807, 2.05) is 4.68 Å². The fourth-order valence-corrected chi connectivity index (χ4v) is 1.84. The van der Waals surface area contributed by atoms with Gasteiger partial charge in [-0.3, -0.25) is 0 Å². The number of nitrogens with zero attached hydrogens (tertiary/aromatic N) is 3. The van der Waals surface area contributed by atoms with Gasteiger partial charge in [0.2, 0.25) is 0 Å². The fourth-order valence-electron chi connectivity index (χ4n) is 1.84. The largest absolute Gasteiger partial charge is 0.246 e. The summed E-state index contributed by atoms with van der Waals surface area (Å²) in [4.78, 5) is 4.30. The molecular formula is C14H19N3. The standard InChI is InChI=1S/C14H19N3/c1-5-17-13(15-10-16-17)11-6-8-12(9-7-11)14(2,3)4/h6-10H,5H2,1-4H3. The van der Waals surface area contributed by atoms with Gasteiger partial charge in [-0.25, -0.2) is 9.67 Å². The van der Waals surface area contributed by atoms with Crippen LogP contribution in [0.25, 0.3) is 11.4 Å². The van der Waals surface area contributed by atoms with Gasteiger partial charge in [0.25, 0.3) is 0 Å². The Balaban J connectivity index is 2.36. The molecule has 0 atom stereocenters. The molecule has 0 aliphatic rings. The topological polar surface area (TPSA) is 30.7 Å². The van der Waals surface area contributed by atoms with E-state index >= 15 is 0 Å². The fraction of sp³-hybridized carbons (Fsp3) is 0.429. The maximum atomic E-state index is 4.30. The third-order valence-electron chi connectivity index (χ3n) is 2.92. The van der Waals surface area contributed by atoms with E-state index in [2.05, 4.69) is 62.0 Å². The molecule has 3 nitrogen and oxygen atoms in total. The Morgan fingerprint density at radius 2 is 1.76 bits per heavy atom. The summed E-state index contributed by atoms with van der Waals surface area (Å²) in [7, 11) is 0. The minimum Gasteiger partial charge on any atom is -0.246 e. The number of hydrogen-bond donors (Lipinski definition) is 0. The van der Waals surface area contributed by atoms with E-state index in [0.717, 1.165) is 17.9 Å². The van der Waals surface area contributed by atoms with Gasteiger partial charge in [0.15, 0.2) is 5.82 Å². The summed E-state index contributed by atoms with van der Waals surface area (Å²) in [5.74, 6) is 0.938. The first-order valence-electron chi connectivity index (χ1n) is 6.01. The van der Waals surface area contributed by atoms with Crippen LogP contribution >= 0.6 is 0 Å². The van der Waals surface area contributed by atoms with Crippen molar-refractivity contribution in [2.45, 2.75) is 39.7 Å². The number of aryl methyl sites for hydroxylation is 1. The van der Waals surface area contributed by atoms with Crippen LogP contribution in [-0.4, -0.2) is 14.8 Å². The molecule has 2 aromatic rings. The van der Waals surface area contributed by atoms with Crippen molar-refractivity contribution in [3.05, 3.63) is 36.2 Å². The zero-order chi connectivity index (χ0) is 12.5. The minimum atomic E-state index is 0.191. The quantitative estimate of drug-likeness (QED) is 0.791. The summed E-state index contributed by atoms with van der Waals surface area (Å²) in [5.41, 5.74) is 2.65. The first-order chi connectivity index (χ1) is 8.02. The van der Waals surface area contributed by atoms with E-state index in [-0.39, 0.29) is 5.41 Å². The van der Waals surface area contributed by atoms with Gasteiger partial charge in [-0.1, -0.05) is 45.0 Å². The summed E-state index contributed by atoms with van der Waals surface area (Å²) in [5, 5.41) is 4.19. The van der Waals surface area contributed by atoms with Crippen LogP contribution in [0.15, 0.2) is 30.6 Å². The van der Waals surface area contributed by atoms with Crippen LogP contribution in [0.4, 0.5) is 0 Å². The van der Waals surface area contributed by atoms with Crippen LogP contribution in [0.5, 0.6) is 0 Å². The molecule has 1 aromatic heterocycles. The molecule has 1 aromatic carbocycles. The van der Waals surface area contributed by atoms with Crippen molar-refractivity contribution in [1.82, 2.24) is 14.8 Å². The Bertz CT molecular complexity index is 489. The Kier molecular flexibility index (Phi) is 3.01. The molecule has 0 radical (unpaired) electrons. The second-order valence-electron chi connectivity index (χ2n) is 5.23. The van der Waals surface area contributed by atoms with Crippen molar-refractivity contribution in [1.29, 1.82) is 0 Å². The van der Waals surface area contributed by atoms with E-state index in [0.29, 0.717) is 0 Å². The van der Waals surface area contributed by atoms with E-state index in [1.165, 1.54) is 5.56 Å². The van der Waals surface area contributed by atoms with E-state index in [9.17, 15) is 0 Å². The highest BCUT2D eigenvalue weighted by atomic mass is 15.3. The lowest BCUT2D eigenvalue weighted by Gasteiger charge is -2.19. The van der Waals surface area contributed by atoms with E-state index < -0.39 is 0 Å². The molecule has 0 saturated carbocycles. The second kappa shape index (κ2) is 4.32. The summed E-state index contributed by atoms with van der Waals surface area (Å²) >= 11 is 0. The van der Waals surface area contributed by atoms with Crippen molar-refractivity contribution in [2.75, 3.05) is 0 Å². The molecule has 0 fully saturated rings. The Morgan fingerprint density at radius 3 is 2.29 bits per heavy atom. The monoisotopic (exact) mass is 229 g/mol. The highest BCUT2D eigenvalue weighted by Gasteiger charge is 2.14. The van der Waals surface area contributed by atoms with Gasteiger partial charge in [-0.05, 0) is 17.9 Å². The Hall–Kier alpha value is -1.64. The molecule has 17 heavy (non-hydrogen) atoms. The molecule has 1 heterocycles. The summed E-state index contributed by atoms with van der Waals surface area (Å²) in [6.45, 7) is 9.57. The average molecular weight is 229 g/mol. The first kappa shape index (κ1) is 11.8. The van der Waals surface area contributed by atoms with Gasteiger partial charge in [-0.15, -0.1) is 0 Å². The van der Waals surface area contributed by atoms with Crippen molar-refractivity contribution in [2.24, 2.45) is 0 Å². The van der Waals surface area contributed by atoms with Gasteiger partial charge in [-0.2, -0.15) is 5.10 Å².